The summed E-state index contributed by atoms with van der Waals surface area (Å²) in [5, 5.41) is 8.96. The number of carbonyl (C=O) groups is 1. The highest BCUT2D eigenvalue weighted by atomic mass is 19.1. The Hall–Kier alpha value is -2.39. The van der Waals surface area contributed by atoms with Crippen molar-refractivity contribution in [2.24, 2.45) is 5.10 Å². The Bertz CT molecular complexity index is 657. The summed E-state index contributed by atoms with van der Waals surface area (Å²) in [5.74, 6) is -0.401. The molecular weight excluding hydrogens is 329 g/mol. The Balaban J connectivity index is 1.68. The van der Waals surface area contributed by atoms with E-state index in [1.165, 1.54) is 11.0 Å². The number of hydrogen-bond acceptors (Lipinski definition) is 7. The van der Waals surface area contributed by atoms with Crippen LogP contribution >= 0.6 is 0 Å². The van der Waals surface area contributed by atoms with Gasteiger partial charge < -0.3 is 14.4 Å². The second kappa shape index (κ2) is 7.66. The summed E-state index contributed by atoms with van der Waals surface area (Å²) in [6.45, 7) is 2.59. The number of likely N-dealkylation sites (N-methyl/N-ethyl adjacent to an activating group) is 1. The zero-order valence-electron chi connectivity index (χ0n) is 14.3. The standard InChI is InChI=1S/C16H22FN5O3/c1-20-5-6-21(10-19-20)15-4-3-12(7-14(15)17)22-9-13(25-16(22)23)8-18-11-24-2/h3-4,7,10,13,18H,5-6,8-9,11H2,1-2H3/t13-/m0/s1. The van der Waals surface area contributed by atoms with Gasteiger partial charge in [0.2, 0.25) is 0 Å². The quantitative estimate of drug-likeness (QED) is 0.610. The number of nitrogens with zero attached hydrogens (tertiary/aromatic N) is 4. The summed E-state index contributed by atoms with van der Waals surface area (Å²) in [6, 6.07) is 4.73. The highest BCUT2D eigenvalue weighted by molar-refractivity contribution is 5.90. The van der Waals surface area contributed by atoms with Gasteiger partial charge in [-0.05, 0) is 18.2 Å². The van der Waals surface area contributed by atoms with Crippen molar-refractivity contribution < 1.29 is 18.7 Å². The first-order chi connectivity index (χ1) is 12.1. The van der Waals surface area contributed by atoms with E-state index in [9.17, 15) is 9.18 Å². The Morgan fingerprint density at radius 1 is 1.44 bits per heavy atom. The van der Waals surface area contributed by atoms with E-state index >= 15 is 0 Å². The summed E-state index contributed by atoms with van der Waals surface area (Å²) in [7, 11) is 3.44. The highest BCUT2D eigenvalue weighted by Crippen LogP contribution is 2.27. The van der Waals surface area contributed by atoms with Crippen molar-refractivity contribution in [2.45, 2.75) is 6.10 Å². The second-order valence-electron chi connectivity index (χ2n) is 5.94. The molecule has 3 rings (SSSR count). The van der Waals surface area contributed by atoms with Crippen LogP contribution in [0.2, 0.25) is 0 Å². The first-order valence-corrected chi connectivity index (χ1v) is 8.07. The van der Waals surface area contributed by atoms with Gasteiger partial charge in [0.1, 0.15) is 18.3 Å². The zero-order valence-corrected chi connectivity index (χ0v) is 14.3. The fourth-order valence-electron chi connectivity index (χ4n) is 2.76. The van der Waals surface area contributed by atoms with Crippen LogP contribution in [0.25, 0.3) is 0 Å². The number of amides is 1. The molecule has 9 heteroatoms. The average Bonchev–Trinajstić information content (AvgIpc) is 2.97. The van der Waals surface area contributed by atoms with Crippen LogP contribution in [0.4, 0.5) is 20.6 Å². The minimum Gasteiger partial charge on any atom is -0.443 e. The van der Waals surface area contributed by atoms with E-state index in [2.05, 4.69) is 10.4 Å². The van der Waals surface area contributed by atoms with Crippen molar-refractivity contribution in [3.63, 3.8) is 0 Å². The molecule has 1 atom stereocenters. The molecule has 136 valence electrons. The van der Waals surface area contributed by atoms with E-state index in [1.807, 2.05) is 7.05 Å². The van der Waals surface area contributed by atoms with E-state index < -0.39 is 11.9 Å². The zero-order chi connectivity index (χ0) is 17.8. The predicted octanol–water partition coefficient (Wildman–Crippen LogP) is 1.04. The molecule has 25 heavy (non-hydrogen) atoms. The fraction of sp³-hybridized carbons (Fsp3) is 0.500. The second-order valence-corrected chi connectivity index (χ2v) is 5.94. The number of benzene rings is 1. The van der Waals surface area contributed by atoms with Crippen molar-refractivity contribution in [1.82, 2.24) is 10.3 Å². The van der Waals surface area contributed by atoms with E-state index in [0.29, 0.717) is 44.3 Å². The van der Waals surface area contributed by atoms with Crippen LogP contribution in [0.5, 0.6) is 0 Å². The molecule has 1 N–H and O–H groups in total. The monoisotopic (exact) mass is 351 g/mol. The van der Waals surface area contributed by atoms with Crippen LogP contribution in [0.3, 0.4) is 0 Å². The molecule has 1 aromatic carbocycles. The topological polar surface area (TPSA) is 69.6 Å². The molecule has 0 bridgehead atoms. The summed E-state index contributed by atoms with van der Waals surface area (Å²) in [5.41, 5.74) is 0.915. The number of hydrogen-bond donors (Lipinski definition) is 1. The van der Waals surface area contributed by atoms with Gasteiger partial charge in [-0.25, -0.2) is 9.18 Å². The van der Waals surface area contributed by atoms with Crippen LogP contribution < -0.4 is 15.1 Å². The molecule has 1 saturated heterocycles. The van der Waals surface area contributed by atoms with Crippen LogP contribution in [-0.2, 0) is 9.47 Å². The lowest BCUT2D eigenvalue weighted by Gasteiger charge is -2.28. The number of methoxy groups -OCH3 is 1. The molecule has 8 nitrogen and oxygen atoms in total. The number of anilines is 2. The molecule has 0 unspecified atom stereocenters. The summed E-state index contributed by atoms with van der Waals surface area (Å²) < 4.78 is 24.7. The summed E-state index contributed by atoms with van der Waals surface area (Å²) in [4.78, 5) is 15.2. The number of carbonyl (C=O) groups excluding carboxylic acids is 1. The lowest BCUT2D eigenvalue weighted by Crippen LogP contribution is -2.36. The fourth-order valence-corrected chi connectivity index (χ4v) is 2.76. The first-order valence-electron chi connectivity index (χ1n) is 8.07. The summed E-state index contributed by atoms with van der Waals surface area (Å²) in [6.07, 6.45) is 0.830. The van der Waals surface area contributed by atoms with Gasteiger partial charge in [0, 0.05) is 27.2 Å². The number of halogens is 1. The molecule has 1 fully saturated rings. The largest absolute Gasteiger partial charge is 0.443 e. The SMILES string of the molecule is COCNC[C@H]1CN(c2ccc(N3C=NN(C)CC3)c(F)c2)C(=O)O1. The van der Waals surface area contributed by atoms with Crippen molar-refractivity contribution in [3.8, 4) is 0 Å². The Kier molecular flexibility index (Phi) is 5.34. The number of ether oxygens (including phenoxy) is 2. The van der Waals surface area contributed by atoms with Crippen LogP contribution in [-0.4, -0.2) is 70.6 Å². The van der Waals surface area contributed by atoms with Crippen molar-refractivity contribution in [1.29, 1.82) is 0 Å². The highest BCUT2D eigenvalue weighted by Gasteiger charge is 2.32. The third-order valence-electron chi connectivity index (χ3n) is 4.10. The molecule has 2 aliphatic heterocycles. The maximum atomic E-state index is 14.5. The molecule has 0 aromatic heterocycles. The van der Waals surface area contributed by atoms with Crippen LogP contribution in [0.15, 0.2) is 23.3 Å². The third-order valence-corrected chi connectivity index (χ3v) is 4.10. The lowest BCUT2D eigenvalue weighted by molar-refractivity contribution is 0.123. The number of cyclic esters (lactones) is 1. The molecular formula is C16H22FN5O3. The van der Waals surface area contributed by atoms with Gasteiger partial charge in [-0.3, -0.25) is 15.2 Å². The Labute approximate surface area is 145 Å². The molecule has 0 radical (unpaired) electrons. The van der Waals surface area contributed by atoms with Crippen LogP contribution in [0, 0.1) is 5.82 Å². The van der Waals surface area contributed by atoms with Gasteiger partial charge in [-0.2, -0.15) is 5.10 Å². The van der Waals surface area contributed by atoms with Gasteiger partial charge in [-0.1, -0.05) is 0 Å². The average molecular weight is 351 g/mol. The maximum absolute atomic E-state index is 14.5. The third kappa shape index (κ3) is 3.99. The molecule has 2 heterocycles. The Morgan fingerprint density at radius 3 is 2.96 bits per heavy atom. The maximum Gasteiger partial charge on any atom is 0.414 e. The van der Waals surface area contributed by atoms with Gasteiger partial charge in [0.25, 0.3) is 0 Å². The summed E-state index contributed by atoms with van der Waals surface area (Å²) >= 11 is 0. The van der Waals surface area contributed by atoms with Gasteiger partial charge in [-0.15, -0.1) is 0 Å². The van der Waals surface area contributed by atoms with E-state index in [-0.39, 0.29) is 6.10 Å². The molecule has 1 amide bonds. The molecule has 0 saturated carbocycles. The molecule has 1 aromatic rings. The smallest absolute Gasteiger partial charge is 0.414 e. The van der Waals surface area contributed by atoms with Gasteiger partial charge in [0.05, 0.1) is 31.2 Å². The normalized spacial score (nSPS) is 20.4. The lowest BCUT2D eigenvalue weighted by atomic mass is 10.2. The van der Waals surface area contributed by atoms with Crippen molar-refractivity contribution >= 4 is 23.8 Å². The minimum atomic E-state index is -0.475. The number of rotatable bonds is 6. The van der Waals surface area contributed by atoms with Crippen molar-refractivity contribution in [3.05, 3.63) is 24.0 Å². The first kappa shape index (κ1) is 17.4. The van der Waals surface area contributed by atoms with Crippen LogP contribution in [0.1, 0.15) is 0 Å². The van der Waals surface area contributed by atoms with E-state index in [1.54, 1.807) is 35.5 Å². The van der Waals surface area contributed by atoms with Gasteiger partial charge >= 0.3 is 6.09 Å². The molecule has 0 spiro atoms. The predicted molar refractivity (Wildman–Crippen MR) is 92.4 cm³/mol. The van der Waals surface area contributed by atoms with Gasteiger partial charge in [0.15, 0.2) is 0 Å². The van der Waals surface area contributed by atoms with E-state index in [4.69, 9.17) is 9.47 Å². The number of hydrazone groups is 1. The Morgan fingerprint density at radius 2 is 2.28 bits per heavy atom. The molecule has 0 aliphatic carbocycles. The number of nitrogens with one attached hydrogen (secondary N) is 1. The minimum absolute atomic E-state index is 0.296. The van der Waals surface area contributed by atoms with Crippen molar-refractivity contribution in [2.75, 3.05) is 56.9 Å². The molecule has 2 aliphatic rings. The van der Waals surface area contributed by atoms with E-state index in [0.717, 1.165) is 0 Å².